The average Bonchev–Trinajstić information content (AvgIpc) is 2.62. The van der Waals surface area contributed by atoms with Crippen LogP contribution in [0.3, 0.4) is 0 Å². The second-order valence-corrected chi connectivity index (χ2v) is 5.61. The third kappa shape index (κ3) is 4.64. The number of nitrogens with zero attached hydrogens (tertiary/aromatic N) is 4. The molecule has 1 fully saturated rings. The van der Waals surface area contributed by atoms with Crippen LogP contribution >= 0.6 is 0 Å². The Labute approximate surface area is 136 Å². The number of rotatable bonds is 6. The number of aliphatic hydroxyl groups excluding tert-OH is 1. The van der Waals surface area contributed by atoms with E-state index in [9.17, 15) is 5.11 Å². The number of para-hydroxylation sites is 1. The van der Waals surface area contributed by atoms with E-state index in [1.54, 1.807) is 12.4 Å². The molecule has 0 aliphatic carbocycles. The molecule has 0 spiro atoms. The number of benzene rings is 1. The van der Waals surface area contributed by atoms with Crippen LogP contribution in [0, 0.1) is 0 Å². The molecular formula is C17H22N4O2. The molecule has 0 amide bonds. The summed E-state index contributed by atoms with van der Waals surface area (Å²) in [7, 11) is 0. The van der Waals surface area contributed by atoms with E-state index in [1.165, 1.54) is 0 Å². The van der Waals surface area contributed by atoms with Crippen molar-refractivity contribution in [2.75, 3.05) is 44.2 Å². The van der Waals surface area contributed by atoms with Gasteiger partial charge in [0.15, 0.2) is 0 Å². The lowest BCUT2D eigenvalue weighted by molar-refractivity contribution is 0.0662. The molecule has 3 rings (SSSR count). The van der Waals surface area contributed by atoms with Crippen LogP contribution in [0.2, 0.25) is 0 Å². The Morgan fingerprint density at radius 1 is 1.00 bits per heavy atom. The molecule has 1 aliphatic heterocycles. The van der Waals surface area contributed by atoms with Crippen LogP contribution in [0.5, 0.6) is 5.75 Å². The summed E-state index contributed by atoms with van der Waals surface area (Å²) in [5.41, 5.74) is 0. The van der Waals surface area contributed by atoms with Crippen molar-refractivity contribution < 1.29 is 9.84 Å². The molecule has 0 saturated carbocycles. The summed E-state index contributed by atoms with van der Waals surface area (Å²) >= 11 is 0. The highest BCUT2D eigenvalue weighted by molar-refractivity contribution is 5.29. The third-order valence-corrected chi connectivity index (χ3v) is 3.86. The van der Waals surface area contributed by atoms with Gasteiger partial charge >= 0.3 is 0 Å². The number of hydrogen-bond donors (Lipinski definition) is 1. The highest BCUT2D eigenvalue weighted by atomic mass is 16.5. The molecule has 1 atom stereocenters. The molecule has 6 nitrogen and oxygen atoms in total. The maximum atomic E-state index is 10.1. The Hall–Kier alpha value is -2.18. The number of β-amino-alcohol motifs (C(OH)–C–C–N with tert-alkyl or cyclic N) is 1. The molecular weight excluding hydrogens is 292 g/mol. The number of aliphatic hydroxyl groups is 1. The lowest BCUT2D eigenvalue weighted by Gasteiger charge is -2.35. The molecule has 122 valence electrons. The molecule has 0 bridgehead atoms. The molecule has 23 heavy (non-hydrogen) atoms. The minimum Gasteiger partial charge on any atom is -0.491 e. The first-order valence-electron chi connectivity index (χ1n) is 7.91. The fraction of sp³-hybridized carbons (Fsp3) is 0.412. The predicted octanol–water partition coefficient (Wildman–Crippen LogP) is 1.04. The second kappa shape index (κ2) is 7.89. The van der Waals surface area contributed by atoms with Crippen molar-refractivity contribution in [2.24, 2.45) is 0 Å². The van der Waals surface area contributed by atoms with Gasteiger partial charge in [-0.25, -0.2) is 9.97 Å². The summed E-state index contributed by atoms with van der Waals surface area (Å²) in [6, 6.07) is 11.4. The van der Waals surface area contributed by atoms with Crippen molar-refractivity contribution in [3.05, 3.63) is 48.8 Å². The standard InChI is InChI=1S/C17H22N4O2/c22-15(14-23-16-5-2-1-3-6-16)13-20-9-11-21(12-10-20)17-18-7-4-8-19-17/h1-8,15,22H,9-14H2/t15-/m1/s1. The van der Waals surface area contributed by atoms with E-state index in [-0.39, 0.29) is 0 Å². The topological polar surface area (TPSA) is 61.7 Å². The van der Waals surface area contributed by atoms with Crippen LogP contribution < -0.4 is 9.64 Å². The minimum absolute atomic E-state index is 0.312. The van der Waals surface area contributed by atoms with Crippen molar-refractivity contribution >= 4 is 5.95 Å². The number of hydrogen-bond acceptors (Lipinski definition) is 6. The molecule has 6 heteroatoms. The zero-order chi connectivity index (χ0) is 15.9. The maximum absolute atomic E-state index is 10.1. The molecule has 1 saturated heterocycles. The van der Waals surface area contributed by atoms with Crippen LogP contribution in [-0.4, -0.2) is 65.4 Å². The summed E-state index contributed by atoms with van der Waals surface area (Å²) < 4.78 is 5.59. The summed E-state index contributed by atoms with van der Waals surface area (Å²) in [6.07, 6.45) is 3.04. The van der Waals surface area contributed by atoms with Gasteiger partial charge in [0.1, 0.15) is 18.5 Å². The number of aromatic nitrogens is 2. The average molecular weight is 314 g/mol. The number of anilines is 1. The fourth-order valence-electron chi connectivity index (χ4n) is 2.64. The zero-order valence-electron chi connectivity index (χ0n) is 13.1. The van der Waals surface area contributed by atoms with Gasteiger partial charge in [0.05, 0.1) is 0 Å². The summed E-state index contributed by atoms with van der Waals surface area (Å²) in [5.74, 6) is 1.57. The van der Waals surface area contributed by atoms with Gasteiger partial charge in [0, 0.05) is 45.1 Å². The van der Waals surface area contributed by atoms with E-state index in [1.807, 2.05) is 36.4 Å². The first-order valence-corrected chi connectivity index (χ1v) is 7.91. The van der Waals surface area contributed by atoms with Crippen molar-refractivity contribution in [2.45, 2.75) is 6.10 Å². The molecule has 0 radical (unpaired) electrons. The maximum Gasteiger partial charge on any atom is 0.225 e. The lowest BCUT2D eigenvalue weighted by atomic mass is 10.2. The van der Waals surface area contributed by atoms with Gasteiger partial charge in [-0.15, -0.1) is 0 Å². The SMILES string of the molecule is O[C@@H](COc1ccccc1)CN1CCN(c2ncccn2)CC1. The van der Waals surface area contributed by atoms with Gasteiger partial charge in [-0.1, -0.05) is 18.2 Å². The van der Waals surface area contributed by atoms with Crippen LogP contribution in [0.15, 0.2) is 48.8 Å². The monoisotopic (exact) mass is 314 g/mol. The van der Waals surface area contributed by atoms with Crippen LogP contribution in [0.4, 0.5) is 5.95 Å². The fourth-order valence-corrected chi connectivity index (χ4v) is 2.64. The lowest BCUT2D eigenvalue weighted by Crippen LogP contribution is -2.49. The van der Waals surface area contributed by atoms with E-state index in [0.717, 1.165) is 37.9 Å². The first-order chi connectivity index (χ1) is 11.3. The predicted molar refractivity (Wildman–Crippen MR) is 88.6 cm³/mol. The van der Waals surface area contributed by atoms with E-state index in [2.05, 4.69) is 19.8 Å². The summed E-state index contributed by atoms with van der Waals surface area (Å²) in [4.78, 5) is 13.0. The summed E-state index contributed by atoms with van der Waals surface area (Å²) in [5, 5.41) is 10.1. The number of piperazine rings is 1. The molecule has 2 aromatic rings. The van der Waals surface area contributed by atoms with E-state index in [4.69, 9.17) is 4.74 Å². The molecule has 1 N–H and O–H groups in total. The molecule has 0 unspecified atom stereocenters. The van der Waals surface area contributed by atoms with Gasteiger partial charge in [0.25, 0.3) is 0 Å². The zero-order valence-corrected chi connectivity index (χ0v) is 13.1. The van der Waals surface area contributed by atoms with Crippen LogP contribution in [-0.2, 0) is 0 Å². The highest BCUT2D eigenvalue weighted by Gasteiger charge is 2.20. The molecule has 1 aromatic carbocycles. The van der Waals surface area contributed by atoms with Gasteiger partial charge in [0.2, 0.25) is 5.95 Å². The number of ether oxygens (including phenoxy) is 1. The van der Waals surface area contributed by atoms with E-state index >= 15 is 0 Å². The van der Waals surface area contributed by atoms with Crippen molar-refractivity contribution in [1.29, 1.82) is 0 Å². The van der Waals surface area contributed by atoms with Crippen molar-refractivity contribution in [3.8, 4) is 5.75 Å². The van der Waals surface area contributed by atoms with Crippen LogP contribution in [0.1, 0.15) is 0 Å². The molecule has 1 aliphatic rings. The Morgan fingerprint density at radius 3 is 2.39 bits per heavy atom. The minimum atomic E-state index is -0.491. The molecule has 1 aromatic heterocycles. The Kier molecular flexibility index (Phi) is 5.39. The van der Waals surface area contributed by atoms with Gasteiger partial charge < -0.3 is 14.7 Å². The molecule has 2 heterocycles. The Morgan fingerprint density at radius 2 is 1.70 bits per heavy atom. The van der Waals surface area contributed by atoms with Gasteiger partial charge in [-0.05, 0) is 18.2 Å². The Bertz CT molecular complexity index is 574. The summed E-state index contributed by atoms with van der Waals surface area (Å²) in [6.45, 7) is 4.45. The smallest absolute Gasteiger partial charge is 0.225 e. The quantitative estimate of drug-likeness (QED) is 0.859. The third-order valence-electron chi connectivity index (χ3n) is 3.86. The Balaban J connectivity index is 1.40. The first kappa shape index (κ1) is 15.7. The van der Waals surface area contributed by atoms with Gasteiger partial charge in [-0.3, -0.25) is 4.90 Å². The van der Waals surface area contributed by atoms with E-state index < -0.39 is 6.10 Å². The van der Waals surface area contributed by atoms with E-state index in [0.29, 0.717) is 13.2 Å². The highest BCUT2D eigenvalue weighted by Crippen LogP contribution is 2.11. The largest absolute Gasteiger partial charge is 0.491 e. The normalized spacial score (nSPS) is 17.0. The van der Waals surface area contributed by atoms with Gasteiger partial charge in [-0.2, -0.15) is 0 Å². The van der Waals surface area contributed by atoms with Crippen LogP contribution in [0.25, 0.3) is 0 Å². The second-order valence-electron chi connectivity index (χ2n) is 5.61. The van der Waals surface area contributed by atoms with Crippen molar-refractivity contribution in [3.63, 3.8) is 0 Å². The van der Waals surface area contributed by atoms with Crippen molar-refractivity contribution in [1.82, 2.24) is 14.9 Å².